The number of ether oxygens (including phenoxy) is 1. The largest absolute Gasteiger partial charge is 0.508 e. The van der Waals surface area contributed by atoms with Crippen LogP contribution in [0.5, 0.6) is 11.5 Å². The lowest BCUT2D eigenvalue weighted by Gasteiger charge is -2.10. The lowest BCUT2D eigenvalue weighted by atomic mass is 10.1. The number of nitrogens with zero attached hydrogens (tertiary/aromatic N) is 1. The lowest BCUT2D eigenvalue weighted by Crippen LogP contribution is -2.28. The van der Waals surface area contributed by atoms with Gasteiger partial charge in [-0.1, -0.05) is 18.2 Å². The third-order valence-electron chi connectivity index (χ3n) is 3.39. The lowest BCUT2D eigenvalue weighted by molar-refractivity contribution is -0.123. The van der Waals surface area contributed by atoms with E-state index in [1.54, 1.807) is 12.1 Å². The third-order valence-corrected chi connectivity index (χ3v) is 3.39. The highest BCUT2D eigenvalue weighted by molar-refractivity contribution is 6.09. The number of halogens is 1. The van der Waals surface area contributed by atoms with Crippen LogP contribution in [0.4, 0.5) is 9.18 Å². The molecule has 0 aliphatic carbocycles. The molecule has 1 fully saturated rings. The third kappa shape index (κ3) is 3.05. The molecule has 2 aromatic carbocycles. The summed E-state index contributed by atoms with van der Waals surface area (Å²) in [4.78, 5) is 25.0. The Morgan fingerprint density at radius 1 is 1.12 bits per heavy atom. The Kier molecular flexibility index (Phi) is 3.91. The Balaban J connectivity index is 1.83. The number of cyclic esters (lactones) is 1. The molecule has 122 valence electrons. The number of hydrogen-bond donors (Lipinski definition) is 2. The van der Waals surface area contributed by atoms with E-state index in [-0.39, 0.29) is 18.1 Å². The quantitative estimate of drug-likeness (QED) is 0.846. The summed E-state index contributed by atoms with van der Waals surface area (Å²) in [6, 6.07) is 9.63. The maximum atomic E-state index is 13.0. The molecule has 0 radical (unpaired) electrons. The Bertz CT molecular complexity index is 862. The van der Waals surface area contributed by atoms with Crippen molar-refractivity contribution in [3.8, 4) is 11.5 Å². The molecule has 1 saturated heterocycles. The molecule has 24 heavy (non-hydrogen) atoms. The van der Waals surface area contributed by atoms with Gasteiger partial charge in [-0.2, -0.15) is 0 Å². The molecule has 2 N–H and O–H groups in total. The van der Waals surface area contributed by atoms with Crippen molar-refractivity contribution in [2.75, 3.05) is 0 Å². The van der Waals surface area contributed by atoms with Gasteiger partial charge in [-0.3, -0.25) is 4.79 Å². The zero-order valence-corrected chi connectivity index (χ0v) is 12.3. The molecule has 0 spiro atoms. The van der Waals surface area contributed by atoms with Gasteiger partial charge in [-0.05, 0) is 41.5 Å². The minimum atomic E-state index is -0.846. The van der Waals surface area contributed by atoms with Crippen molar-refractivity contribution < 1.29 is 28.9 Å². The highest BCUT2D eigenvalue weighted by Gasteiger charge is 2.36. The van der Waals surface area contributed by atoms with Crippen LogP contribution >= 0.6 is 0 Å². The van der Waals surface area contributed by atoms with E-state index < -0.39 is 23.6 Å². The average molecular weight is 329 g/mol. The number of carbonyl (C=O) groups excluding carboxylic acids is 2. The van der Waals surface area contributed by atoms with E-state index in [1.165, 1.54) is 24.3 Å². The normalized spacial score (nSPS) is 15.9. The zero-order valence-electron chi connectivity index (χ0n) is 12.3. The van der Waals surface area contributed by atoms with Gasteiger partial charge < -0.3 is 14.9 Å². The van der Waals surface area contributed by atoms with Crippen molar-refractivity contribution in [3.63, 3.8) is 0 Å². The summed E-state index contributed by atoms with van der Waals surface area (Å²) in [5, 5.41) is 18.8. The minimum absolute atomic E-state index is 0.0186. The van der Waals surface area contributed by atoms with Gasteiger partial charge in [-0.15, -0.1) is 0 Å². The van der Waals surface area contributed by atoms with Gasteiger partial charge >= 0.3 is 6.09 Å². The summed E-state index contributed by atoms with van der Waals surface area (Å²) >= 11 is 0. The van der Waals surface area contributed by atoms with Crippen LogP contribution in [0.1, 0.15) is 11.1 Å². The topological polar surface area (TPSA) is 87.1 Å². The van der Waals surface area contributed by atoms with Gasteiger partial charge in [-0.25, -0.2) is 14.1 Å². The van der Waals surface area contributed by atoms with Crippen LogP contribution in [0.2, 0.25) is 0 Å². The molecule has 2 amide bonds. The standard InChI is InChI=1S/C17H12FNO5/c18-13-5-4-10(7-14(13)21)8-15-16(22)19(17(23)24-15)9-11-2-1-3-12(20)6-11/h1-8,20-21H,9H2/b15-8-. The first-order chi connectivity index (χ1) is 11.4. The smallest absolute Gasteiger partial charge is 0.422 e. The number of hydrogen-bond acceptors (Lipinski definition) is 5. The minimum Gasteiger partial charge on any atom is -0.508 e. The fourth-order valence-corrected chi connectivity index (χ4v) is 2.24. The number of amides is 2. The predicted octanol–water partition coefficient (Wildman–Crippen LogP) is 2.76. The second-order valence-electron chi connectivity index (χ2n) is 5.15. The van der Waals surface area contributed by atoms with E-state index in [0.29, 0.717) is 11.1 Å². The molecule has 3 rings (SSSR count). The van der Waals surface area contributed by atoms with Crippen molar-refractivity contribution in [2.45, 2.75) is 6.54 Å². The molecule has 1 heterocycles. The van der Waals surface area contributed by atoms with Crippen LogP contribution in [0.3, 0.4) is 0 Å². The second-order valence-corrected chi connectivity index (χ2v) is 5.15. The van der Waals surface area contributed by atoms with Crippen molar-refractivity contribution in [1.29, 1.82) is 0 Å². The van der Waals surface area contributed by atoms with E-state index in [4.69, 9.17) is 4.74 Å². The first-order valence-corrected chi connectivity index (χ1v) is 6.96. The fraction of sp³-hybridized carbons (Fsp3) is 0.0588. The number of imide groups is 1. The van der Waals surface area contributed by atoms with E-state index in [2.05, 4.69) is 0 Å². The van der Waals surface area contributed by atoms with Gasteiger partial charge in [0.25, 0.3) is 5.91 Å². The number of benzene rings is 2. The molecule has 7 heteroatoms. The molecular formula is C17H12FNO5. The number of aromatic hydroxyl groups is 2. The molecule has 0 unspecified atom stereocenters. The van der Waals surface area contributed by atoms with E-state index in [1.807, 2.05) is 0 Å². The first-order valence-electron chi connectivity index (χ1n) is 6.96. The summed E-state index contributed by atoms with van der Waals surface area (Å²) < 4.78 is 18.0. The number of rotatable bonds is 3. The first kappa shape index (κ1) is 15.5. The second kappa shape index (κ2) is 6.04. The summed E-state index contributed by atoms with van der Waals surface area (Å²) in [5.74, 6) is -2.24. The van der Waals surface area contributed by atoms with Crippen molar-refractivity contribution in [3.05, 3.63) is 65.2 Å². The Morgan fingerprint density at radius 3 is 2.62 bits per heavy atom. The number of phenols is 2. The van der Waals surface area contributed by atoms with Crippen LogP contribution in [0.25, 0.3) is 6.08 Å². The van der Waals surface area contributed by atoms with Crippen LogP contribution in [0, 0.1) is 5.82 Å². The molecule has 1 aliphatic rings. The van der Waals surface area contributed by atoms with Crippen molar-refractivity contribution >= 4 is 18.1 Å². The molecular weight excluding hydrogens is 317 g/mol. The molecule has 6 nitrogen and oxygen atoms in total. The molecule has 0 atom stereocenters. The summed E-state index contributed by atoms with van der Waals surface area (Å²) in [7, 11) is 0. The maximum absolute atomic E-state index is 13.0. The van der Waals surface area contributed by atoms with Gasteiger partial charge in [0.1, 0.15) is 5.75 Å². The Labute approximate surface area is 136 Å². The average Bonchev–Trinajstić information content (AvgIpc) is 2.79. The molecule has 0 aromatic heterocycles. The number of phenolic OH excluding ortho intramolecular Hbond substituents is 2. The Hall–Kier alpha value is -3.35. The van der Waals surface area contributed by atoms with Gasteiger partial charge in [0.15, 0.2) is 17.3 Å². The maximum Gasteiger partial charge on any atom is 0.422 e. The number of carbonyl (C=O) groups is 2. The predicted molar refractivity (Wildman–Crippen MR) is 81.2 cm³/mol. The van der Waals surface area contributed by atoms with Crippen molar-refractivity contribution in [2.24, 2.45) is 0 Å². The van der Waals surface area contributed by atoms with Crippen LogP contribution in [-0.2, 0) is 16.1 Å². The summed E-state index contributed by atoms with van der Waals surface area (Å²) in [6.07, 6.45) is 0.392. The fourth-order valence-electron chi connectivity index (χ4n) is 2.24. The van der Waals surface area contributed by atoms with E-state index in [9.17, 15) is 24.2 Å². The SMILES string of the molecule is O=C1O/C(=C\c2ccc(F)c(O)c2)C(=O)N1Cc1cccc(O)c1. The highest BCUT2D eigenvalue weighted by atomic mass is 19.1. The highest BCUT2D eigenvalue weighted by Crippen LogP contribution is 2.24. The Morgan fingerprint density at radius 2 is 1.92 bits per heavy atom. The van der Waals surface area contributed by atoms with Gasteiger partial charge in [0.2, 0.25) is 0 Å². The summed E-state index contributed by atoms with van der Waals surface area (Å²) in [5.41, 5.74) is 0.866. The molecule has 0 bridgehead atoms. The van der Waals surface area contributed by atoms with Gasteiger partial charge in [0, 0.05) is 0 Å². The molecule has 2 aromatic rings. The van der Waals surface area contributed by atoms with Crippen LogP contribution < -0.4 is 0 Å². The van der Waals surface area contributed by atoms with E-state index in [0.717, 1.165) is 17.0 Å². The molecule has 1 aliphatic heterocycles. The molecule has 0 saturated carbocycles. The zero-order chi connectivity index (χ0) is 17.3. The van der Waals surface area contributed by atoms with Crippen molar-refractivity contribution in [1.82, 2.24) is 4.90 Å². The van der Waals surface area contributed by atoms with E-state index >= 15 is 0 Å². The summed E-state index contributed by atoms with van der Waals surface area (Å²) in [6.45, 7) is -0.0575. The van der Waals surface area contributed by atoms with Crippen LogP contribution in [-0.4, -0.2) is 27.1 Å². The van der Waals surface area contributed by atoms with Crippen LogP contribution in [0.15, 0.2) is 48.2 Å². The monoisotopic (exact) mass is 329 g/mol. The van der Waals surface area contributed by atoms with Gasteiger partial charge in [0.05, 0.1) is 6.54 Å².